The first-order chi connectivity index (χ1) is 10.9. The molecule has 0 radical (unpaired) electrons. The number of piperidine rings is 1. The van der Waals surface area contributed by atoms with Crippen LogP contribution < -0.4 is 0 Å². The Morgan fingerprint density at radius 3 is 1.78 bits per heavy atom. The van der Waals surface area contributed by atoms with Gasteiger partial charge in [-0.1, -0.05) is 20.8 Å². The fourth-order valence-corrected chi connectivity index (χ4v) is 9.34. The minimum Gasteiger partial charge on any atom is -0.294 e. The molecule has 6 aliphatic rings. The van der Waals surface area contributed by atoms with E-state index in [0.29, 0.717) is 5.41 Å². The molecule has 2 saturated heterocycles. The van der Waals surface area contributed by atoms with Crippen LogP contribution in [-0.4, -0.2) is 23.0 Å². The number of hydrogen-bond donors (Lipinski definition) is 0. The summed E-state index contributed by atoms with van der Waals surface area (Å²) < 4.78 is 0. The van der Waals surface area contributed by atoms with Crippen LogP contribution in [0.25, 0.3) is 0 Å². The maximum Gasteiger partial charge on any atom is 0.0135 e. The highest BCUT2D eigenvalue weighted by molar-refractivity contribution is 5.17. The van der Waals surface area contributed by atoms with Crippen LogP contribution in [0.5, 0.6) is 0 Å². The van der Waals surface area contributed by atoms with Crippen LogP contribution in [0.3, 0.4) is 0 Å². The molecule has 4 saturated carbocycles. The second-order valence-corrected chi connectivity index (χ2v) is 10.6. The van der Waals surface area contributed by atoms with Crippen LogP contribution in [0.1, 0.15) is 73.1 Å². The van der Waals surface area contributed by atoms with Gasteiger partial charge in [0.2, 0.25) is 0 Å². The van der Waals surface area contributed by atoms with E-state index in [0.717, 1.165) is 59.6 Å². The lowest BCUT2D eigenvalue weighted by molar-refractivity contribution is -0.217. The van der Waals surface area contributed by atoms with Gasteiger partial charge in [0, 0.05) is 18.1 Å². The van der Waals surface area contributed by atoms with E-state index in [-0.39, 0.29) is 0 Å². The zero-order chi connectivity index (χ0) is 16.1. The maximum absolute atomic E-state index is 2.97. The Hall–Kier alpha value is -0.0400. The predicted octanol–water partition coefficient (Wildman–Crippen LogP) is 5.20. The molecule has 23 heavy (non-hydrogen) atoms. The summed E-state index contributed by atoms with van der Waals surface area (Å²) in [5.41, 5.74) is 0.692. The van der Waals surface area contributed by atoms with Gasteiger partial charge in [-0.15, -0.1) is 0 Å². The van der Waals surface area contributed by atoms with Gasteiger partial charge < -0.3 is 0 Å². The van der Waals surface area contributed by atoms with Gasteiger partial charge in [0.1, 0.15) is 0 Å². The van der Waals surface area contributed by atoms with Crippen molar-refractivity contribution in [3.63, 3.8) is 0 Å². The minimum atomic E-state index is 0.692. The molecule has 1 spiro atoms. The molecule has 1 heteroatoms. The normalized spacial score (nSPS) is 64.6. The van der Waals surface area contributed by atoms with E-state index >= 15 is 0 Å². The largest absolute Gasteiger partial charge is 0.294 e. The lowest BCUT2D eigenvalue weighted by Crippen LogP contribution is -2.69. The second kappa shape index (κ2) is 4.77. The lowest BCUT2D eigenvalue weighted by atomic mass is 9.37. The summed E-state index contributed by atoms with van der Waals surface area (Å²) in [4.78, 5) is 2.97. The average Bonchev–Trinajstić information content (AvgIpc) is 2.80. The van der Waals surface area contributed by atoms with Gasteiger partial charge in [0.05, 0.1) is 0 Å². The van der Waals surface area contributed by atoms with Crippen molar-refractivity contribution in [2.45, 2.75) is 91.3 Å². The molecule has 4 bridgehead atoms. The summed E-state index contributed by atoms with van der Waals surface area (Å²) in [5, 5.41) is 0. The van der Waals surface area contributed by atoms with Crippen LogP contribution in [0.15, 0.2) is 0 Å². The minimum absolute atomic E-state index is 0.692. The highest BCUT2D eigenvalue weighted by atomic mass is 15.3. The molecular formula is C22H37N. The summed E-state index contributed by atoms with van der Waals surface area (Å²) in [6, 6.07) is 2.48. The number of rotatable bonds is 0. The molecule has 1 nitrogen and oxygen atoms in total. The molecule has 2 heterocycles. The van der Waals surface area contributed by atoms with Gasteiger partial charge in [-0.25, -0.2) is 0 Å². The average molecular weight is 316 g/mol. The Balaban J connectivity index is 1.58. The van der Waals surface area contributed by atoms with E-state index in [1.807, 2.05) is 0 Å². The second-order valence-electron chi connectivity index (χ2n) is 10.6. The topological polar surface area (TPSA) is 3.24 Å². The molecule has 0 amide bonds. The molecule has 6 rings (SSSR count). The predicted molar refractivity (Wildman–Crippen MR) is 96.1 cm³/mol. The maximum atomic E-state index is 2.97. The Morgan fingerprint density at radius 1 is 0.652 bits per heavy atom. The van der Waals surface area contributed by atoms with Crippen molar-refractivity contribution >= 4 is 0 Å². The Kier molecular flexibility index (Phi) is 3.16. The molecular weight excluding hydrogens is 278 g/mol. The van der Waals surface area contributed by atoms with E-state index in [1.54, 1.807) is 32.1 Å². The molecule has 2 aliphatic heterocycles. The SMILES string of the molecule is C[C@@H]1[C@H](C)C2(C3CC4CC(C3)CC2C4)[C@H](C)[C@@H]2C[C@H](C)[C@H](C)N12. The van der Waals surface area contributed by atoms with Crippen molar-refractivity contribution in [1.29, 1.82) is 0 Å². The van der Waals surface area contributed by atoms with Crippen molar-refractivity contribution in [1.82, 2.24) is 4.90 Å². The molecule has 0 aromatic heterocycles. The van der Waals surface area contributed by atoms with Crippen molar-refractivity contribution < 1.29 is 0 Å². The summed E-state index contributed by atoms with van der Waals surface area (Å²) in [6.45, 7) is 13.0. The van der Waals surface area contributed by atoms with Crippen LogP contribution in [0.4, 0.5) is 0 Å². The van der Waals surface area contributed by atoms with E-state index in [1.165, 1.54) is 6.42 Å². The Labute approximate surface area is 143 Å². The highest BCUT2D eigenvalue weighted by Crippen LogP contribution is 2.70. The summed E-state index contributed by atoms with van der Waals surface area (Å²) >= 11 is 0. The monoisotopic (exact) mass is 315 g/mol. The molecule has 0 unspecified atom stereocenters. The zero-order valence-electron chi connectivity index (χ0n) is 16.0. The van der Waals surface area contributed by atoms with Gasteiger partial charge in [-0.05, 0) is 99.2 Å². The highest BCUT2D eigenvalue weighted by Gasteiger charge is 2.66. The van der Waals surface area contributed by atoms with Gasteiger partial charge in [-0.3, -0.25) is 4.90 Å². The standard InChI is InChI=1S/C22H37N/c1-12-6-21-14(3)22(13(2)16(5)23(21)15(12)4)19-8-17-7-18(10-19)11-20(22)9-17/h12-21H,6-11H2,1-5H3/t12-,13-,14+,15-,16+,17?,18?,19?,20?,21-,22?/m0/s1. The Bertz CT molecular complexity index is 468. The van der Waals surface area contributed by atoms with Gasteiger partial charge in [-0.2, -0.15) is 0 Å². The zero-order valence-corrected chi connectivity index (χ0v) is 16.0. The summed E-state index contributed by atoms with van der Waals surface area (Å²) in [7, 11) is 0. The molecule has 6 atom stereocenters. The quantitative estimate of drug-likeness (QED) is 0.593. The lowest BCUT2D eigenvalue weighted by Gasteiger charge is -2.70. The number of fused-ring (bicyclic) bond motifs is 1. The number of hydrogen-bond acceptors (Lipinski definition) is 1. The van der Waals surface area contributed by atoms with E-state index in [4.69, 9.17) is 0 Å². The third-order valence-electron chi connectivity index (χ3n) is 10.2. The van der Waals surface area contributed by atoms with Gasteiger partial charge in [0.15, 0.2) is 0 Å². The fourth-order valence-electron chi connectivity index (χ4n) is 9.34. The molecule has 130 valence electrons. The Morgan fingerprint density at radius 2 is 1.22 bits per heavy atom. The van der Waals surface area contributed by atoms with Gasteiger partial charge in [0.25, 0.3) is 0 Å². The third kappa shape index (κ3) is 1.69. The first kappa shape index (κ1) is 15.2. The molecule has 0 aromatic rings. The van der Waals surface area contributed by atoms with E-state index < -0.39 is 0 Å². The fraction of sp³-hybridized carbons (Fsp3) is 1.00. The molecule has 6 fully saturated rings. The third-order valence-corrected chi connectivity index (χ3v) is 10.2. The molecule has 0 N–H and O–H groups in total. The van der Waals surface area contributed by atoms with Crippen molar-refractivity contribution in [3.8, 4) is 0 Å². The summed E-state index contributed by atoms with van der Waals surface area (Å²) in [6.07, 6.45) is 9.41. The smallest absolute Gasteiger partial charge is 0.0135 e. The summed E-state index contributed by atoms with van der Waals surface area (Å²) in [5.74, 6) is 7.07. The van der Waals surface area contributed by atoms with Gasteiger partial charge >= 0.3 is 0 Å². The molecule has 0 aromatic carbocycles. The van der Waals surface area contributed by atoms with Crippen LogP contribution in [0.2, 0.25) is 0 Å². The number of nitrogens with zero attached hydrogens (tertiary/aromatic N) is 1. The van der Waals surface area contributed by atoms with Crippen molar-refractivity contribution in [2.75, 3.05) is 0 Å². The van der Waals surface area contributed by atoms with Crippen molar-refractivity contribution in [3.05, 3.63) is 0 Å². The first-order valence-corrected chi connectivity index (χ1v) is 10.7. The van der Waals surface area contributed by atoms with Crippen LogP contribution in [-0.2, 0) is 0 Å². The van der Waals surface area contributed by atoms with Crippen molar-refractivity contribution in [2.24, 2.45) is 46.8 Å². The van der Waals surface area contributed by atoms with E-state index in [9.17, 15) is 0 Å². The first-order valence-electron chi connectivity index (χ1n) is 10.7. The van der Waals surface area contributed by atoms with E-state index in [2.05, 4.69) is 39.5 Å². The molecule has 4 aliphatic carbocycles. The van der Waals surface area contributed by atoms with Crippen LogP contribution >= 0.6 is 0 Å². The van der Waals surface area contributed by atoms with Crippen LogP contribution in [0, 0.1) is 46.8 Å².